The molecule has 0 aliphatic carbocycles. The molecule has 0 radical (unpaired) electrons. The molecule has 4 aromatic rings. The maximum Gasteiger partial charge on any atom is 0.216 e. The normalized spacial score (nSPS) is 15.3. The highest BCUT2D eigenvalue weighted by Crippen LogP contribution is 2.22. The van der Waals surface area contributed by atoms with E-state index in [1.165, 1.54) is 25.5 Å². The Morgan fingerprint density at radius 1 is 1.17 bits per heavy atom. The molecular weight excluding hydrogens is 541 g/mol. The number of hydrogen-bond acceptors (Lipinski definition) is 10. The molecule has 12 heteroatoms. The first-order valence-electron chi connectivity index (χ1n) is 13.8. The number of nitriles is 1. The van der Waals surface area contributed by atoms with Gasteiger partial charge in [-0.05, 0) is 50.5 Å². The van der Waals surface area contributed by atoms with E-state index >= 15 is 0 Å². The van der Waals surface area contributed by atoms with Gasteiger partial charge in [-0.15, -0.1) is 0 Å². The molecule has 0 N–H and O–H groups in total. The molecule has 2 saturated heterocycles. The molecule has 2 aliphatic heterocycles. The summed E-state index contributed by atoms with van der Waals surface area (Å²) in [6, 6.07) is 9.44. The molecule has 5 heterocycles. The Bertz CT molecular complexity index is 1590. The Morgan fingerprint density at radius 2 is 1.93 bits per heavy atom. The highest BCUT2D eigenvalue weighted by Gasteiger charge is 2.23. The van der Waals surface area contributed by atoms with Crippen LogP contribution in [0.5, 0.6) is 11.6 Å². The summed E-state index contributed by atoms with van der Waals surface area (Å²) in [6.07, 6.45) is 6.08. The number of fused-ring (bicyclic) bond motifs is 1. The van der Waals surface area contributed by atoms with Gasteiger partial charge in [0.05, 0.1) is 23.7 Å². The molecule has 3 aromatic heterocycles. The zero-order chi connectivity index (χ0) is 29.5. The lowest BCUT2D eigenvalue weighted by atomic mass is 10.1. The fourth-order valence-electron chi connectivity index (χ4n) is 4.49. The molecule has 2 aliphatic rings. The van der Waals surface area contributed by atoms with E-state index in [0.717, 1.165) is 56.6 Å². The van der Waals surface area contributed by atoms with Crippen LogP contribution in [0.3, 0.4) is 0 Å². The van der Waals surface area contributed by atoms with Crippen LogP contribution in [0.25, 0.3) is 11.2 Å². The zero-order valence-corrected chi connectivity index (χ0v) is 23.6. The van der Waals surface area contributed by atoms with Gasteiger partial charge in [0.25, 0.3) is 0 Å². The minimum Gasteiger partial charge on any atom is -0.483 e. The van der Waals surface area contributed by atoms with Crippen molar-refractivity contribution in [1.82, 2.24) is 29.4 Å². The largest absolute Gasteiger partial charge is 0.483 e. The Kier molecular flexibility index (Phi) is 9.31. The quantitative estimate of drug-likeness (QED) is 0.285. The number of ether oxygens (including phenoxy) is 3. The number of pyridine rings is 1. The lowest BCUT2D eigenvalue weighted by Crippen LogP contribution is -2.38. The Balaban J connectivity index is 0.000000813. The molecule has 218 valence electrons. The van der Waals surface area contributed by atoms with Gasteiger partial charge in [0.1, 0.15) is 18.5 Å². The number of aryl methyl sites for hydroxylation is 1. The summed E-state index contributed by atoms with van der Waals surface area (Å²) < 4.78 is 32.4. The first-order valence-corrected chi connectivity index (χ1v) is 13.8. The van der Waals surface area contributed by atoms with Crippen molar-refractivity contribution >= 4 is 16.9 Å². The van der Waals surface area contributed by atoms with Gasteiger partial charge in [-0.1, -0.05) is 0 Å². The van der Waals surface area contributed by atoms with E-state index in [2.05, 4.69) is 24.8 Å². The number of carbonyl (C=O) groups excluding carboxylic acids is 1. The lowest BCUT2D eigenvalue weighted by Gasteiger charge is -2.31. The van der Waals surface area contributed by atoms with E-state index in [1.54, 1.807) is 18.5 Å². The monoisotopic (exact) mass is 573 g/mol. The summed E-state index contributed by atoms with van der Waals surface area (Å²) in [5, 5.41) is 8.86. The van der Waals surface area contributed by atoms with E-state index in [1.807, 2.05) is 23.8 Å². The summed E-state index contributed by atoms with van der Waals surface area (Å²) in [4.78, 5) is 31.6. The van der Waals surface area contributed by atoms with Crippen molar-refractivity contribution in [3.8, 4) is 17.7 Å². The molecule has 0 unspecified atom stereocenters. The molecule has 42 heavy (non-hydrogen) atoms. The standard InChI is InChI=1S/C27H26FN7O3.C3H6O/c1-17(36)19-12-22-27(31-14-19)33-25(34(22)2)15-35-9-6-20(7-10-35)38-26-5-8-30-24(32-26)16-37-23-4-3-18(13-29)11-21(23)28;1-2-4-3-1/h3-5,8,11-12,14,20H,6-7,9-10,15-16H2,1-2H3;1-3H2. The lowest BCUT2D eigenvalue weighted by molar-refractivity contribution is 0.0367. The van der Waals surface area contributed by atoms with Gasteiger partial charge in [0.2, 0.25) is 5.88 Å². The van der Waals surface area contributed by atoms with Crippen molar-refractivity contribution in [2.75, 3.05) is 26.3 Å². The van der Waals surface area contributed by atoms with E-state index in [-0.39, 0.29) is 29.8 Å². The maximum atomic E-state index is 14.1. The zero-order valence-electron chi connectivity index (χ0n) is 23.6. The number of hydrogen-bond donors (Lipinski definition) is 0. The van der Waals surface area contributed by atoms with Crippen molar-refractivity contribution in [2.24, 2.45) is 7.05 Å². The number of ketones is 1. The van der Waals surface area contributed by atoms with Crippen LogP contribution in [0.1, 0.15) is 53.8 Å². The molecule has 11 nitrogen and oxygen atoms in total. The van der Waals surface area contributed by atoms with E-state index in [4.69, 9.17) is 19.5 Å². The predicted octanol–water partition coefficient (Wildman–Crippen LogP) is 4.00. The number of nitrogens with zero attached hydrogens (tertiary/aromatic N) is 7. The van der Waals surface area contributed by atoms with Crippen LogP contribution in [0, 0.1) is 17.1 Å². The number of imidazole rings is 1. The van der Waals surface area contributed by atoms with Crippen LogP contribution >= 0.6 is 0 Å². The van der Waals surface area contributed by atoms with Gasteiger partial charge in [-0.2, -0.15) is 10.2 Å². The number of carbonyl (C=O) groups is 1. The second kappa shape index (κ2) is 13.5. The third-order valence-electron chi connectivity index (χ3n) is 7.10. The second-order valence-electron chi connectivity index (χ2n) is 10.1. The highest BCUT2D eigenvalue weighted by molar-refractivity contribution is 5.96. The molecule has 0 atom stereocenters. The van der Waals surface area contributed by atoms with Crippen LogP contribution < -0.4 is 9.47 Å². The number of Topliss-reactive ketones (excluding diaryl/α,β-unsaturated/α-hetero) is 1. The molecule has 0 saturated carbocycles. The number of benzene rings is 1. The number of aromatic nitrogens is 5. The molecule has 6 rings (SSSR count). The molecule has 0 bridgehead atoms. The molecule has 0 spiro atoms. The first kappa shape index (κ1) is 29.0. The Labute approximate surface area is 242 Å². The third kappa shape index (κ3) is 7.23. The fraction of sp³-hybridized carbons (Fsp3) is 0.400. The topological polar surface area (TPSA) is 128 Å². The van der Waals surface area contributed by atoms with Crippen molar-refractivity contribution in [3.05, 3.63) is 71.3 Å². The van der Waals surface area contributed by atoms with Crippen molar-refractivity contribution in [1.29, 1.82) is 5.26 Å². The minimum absolute atomic E-state index is 0.00567. The van der Waals surface area contributed by atoms with Crippen molar-refractivity contribution < 1.29 is 23.4 Å². The first-order chi connectivity index (χ1) is 20.4. The van der Waals surface area contributed by atoms with Crippen LogP contribution in [0.2, 0.25) is 0 Å². The Morgan fingerprint density at radius 3 is 2.60 bits per heavy atom. The van der Waals surface area contributed by atoms with Gasteiger partial charge in [0, 0.05) is 57.4 Å². The average Bonchev–Trinajstić information content (AvgIpc) is 3.26. The van der Waals surface area contributed by atoms with Crippen molar-refractivity contribution in [3.63, 3.8) is 0 Å². The van der Waals surface area contributed by atoms with Crippen molar-refractivity contribution in [2.45, 2.75) is 45.4 Å². The van der Waals surface area contributed by atoms with E-state index < -0.39 is 5.82 Å². The fourth-order valence-corrected chi connectivity index (χ4v) is 4.49. The van der Waals surface area contributed by atoms with E-state index in [0.29, 0.717) is 29.5 Å². The summed E-state index contributed by atoms with van der Waals surface area (Å²) in [7, 11) is 1.94. The number of likely N-dealkylation sites (tertiary alicyclic amines) is 1. The minimum atomic E-state index is -0.612. The van der Waals surface area contributed by atoms with Crippen LogP contribution in [-0.2, 0) is 24.9 Å². The Hall–Kier alpha value is -4.47. The molecular formula is C30H32FN7O4. The predicted molar refractivity (Wildman–Crippen MR) is 150 cm³/mol. The van der Waals surface area contributed by atoms with Crippen LogP contribution in [-0.4, -0.2) is 67.6 Å². The SMILES string of the molecule is C1COC1.CC(=O)c1cnc2nc(CN3CCC(Oc4ccnc(COc5ccc(C#N)cc5F)n4)CC3)n(C)c2c1. The van der Waals surface area contributed by atoms with Gasteiger partial charge >= 0.3 is 0 Å². The van der Waals surface area contributed by atoms with Gasteiger partial charge in [-0.25, -0.2) is 19.3 Å². The number of rotatable bonds is 8. The summed E-state index contributed by atoms with van der Waals surface area (Å²) in [5.41, 5.74) is 2.28. The van der Waals surface area contributed by atoms with Crippen LogP contribution in [0.15, 0.2) is 42.7 Å². The number of piperidine rings is 1. The van der Waals surface area contributed by atoms with Gasteiger partial charge in [0.15, 0.2) is 28.8 Å². The maximum absolute atomic E-state index is 14.1. The highest BCUT2D eigenvalue weighted by atomic mass is 19.1. The third-order valence-corrected chi connectivity index (χ3v) is 7.10. The van der Waals surface area contributed by atoms with Gasteiger partial charge < -0.3 is 18.8 Å². The molecule has 1 aromatic carbocycles. The summed E-state index contributed by atoms with van der Waals surface area (Å²) in [6.45, 7) is 5.84. The summed E-state index contributed by atoms with van der Waals surface area (Å²) in [5.74, 6) is 1.10. The van der Waals surface area contributed by atoms with Gasteiger partial charge in [-0.3, -0.25) is 9.69 Å². The smallest absolute Gasteiger partial charge is 0.216 e. The molecule has 2 fully saturated rings. The van der Waals surface area contributed by atoms with Crippen LogP contribution in [0.4, 0.5) is 4.39 Å². The average molecular weight is 574 g/mol. The van der Waals surface area contributed by atoms with E-state index in [9.17, 15) is 9.18 Å². The summed E-state index contributed by atoms with van der Waals surface area (Å²) >= 11 is 0. The number of halogens is 1. The molecule has 0 amide bonds. The second-order valence-corrected chi connectivity index (χ2v) is 10.1.